The summed E-state index contributed by atoms with van der Waals surface area (Å²) in [6.07, 6.45) is 0.886. The summed E-state index contributed by atoms with van der Waals surface area (Å²) in [4.78, 5) is 26.8. The number of carbonyl (C=O) groups is 1. The van der Waals surface area contributed by atoms with Crippen molar-refractivity contribution in [3.63, 3.8) is 0 Å². The van der Waals surface area contributed by atoms with E-state index in [1.54, 1.807) is 6.07 Å². The minimum absolute atomic E-state index is 0.163. The molecule has 0 radical (unpaired) electrons. The number of aromatic nitrogens is 1. The predicted octanol–water partition coefficient (Wildman–Crippen LogP) is 0.372. The average molecular weight is 286 g/mol. The fourth-order valence-electron chi connectivity index (χ4n) is 2.51. The standard InChI is InChI=1S/C15H18N4O2/c20-14(16-6-5-10-8-17-18-9-10)12-7-11-3-1-2-4-13(11)19-15(12)21/h1-4,7,10,17-18H,5-6,8-9H2,(H,16,20)(H,19,21). The molecule has 21 heavy (non-hydrogen) atoms. The summed E-state index contributed by atoms with van der Waals surface area (Å²) in [6, 6.07) is 9.06. The van der Waals surface area contributed by atoms with Crippen molar-refractivity contribution in [2.75, 3.05) is 19.6 Å². The number of H-pyrrole nitrogens is 1. The number of nitrogens with one attached hydrogen (secondary N) is 4. The highest BCUT2D eigenvalue weighted by Crippen LogP contribution is 2.10. The number of hydrogen-bond acceptors (Lipinski definition) is 4. The molecule has 1 aliphatic heterocycles. The first-order valence-electron chi connectivity index (χ1n) is 7.10. The highest BCUT2D eigenvalue weighted by atomic mass is 16.2. The van der Waals surface area contributed by atoms with E-state index in [2.05, 4.69) is 21.2 Å². The summed E-state index contributed by atoms with van der Waals surface area (Å²) in [7, 11) is 0. The van der Waals surface area contributed by atoms with Crippen molar-refractivity contribution in [2.45, 2.75) is 6.42 Å². The largest absolute Gasteiger partial charge is 0.352 e. The minimum atomic E-state index is -0.351. The number of para-hydroxylation sites is 1. The third kappa shape index (κ3) is 3.12. The van der Waals surface area contributed by atoms with Gasteiger partial charge in [-0.25, -0.2) is 0 Å². The normalized spacial score (nSPS) is 15.4. The molecule has 0 atom stereocenters. The van der Waals surface area contributed by atoms with Gasteiger partial charge in [0.05, 0.1) is 0 Å². The number of fused-ring (bicyclic) bond motifs is 1. The summed E-state index contributed by atoms with van der Waals surface area (Å²) < 4.78 is 0. The number of hydrazine groups is 1. The number of benzene rings is 1. The summed E-state index contributed by atoms with van der Waals surface area (Å²) in [5, 5.41) is 3.67. The van der Waals surface area contributed by atoms with Gasteiger partial charge in [-0.15, -0.1) is 0 Å². The van der Waals surface area contributed by atoms with Crippen LogP contribution in [0.2, 0.25) is 0 Å². The Labute approximate surface area is 121 Å². The van der Waals surface area contributed by atoms with Crippen LogP contribution >= 0.6 is 0 Å². The number of amides is 1. The molecule has 1 aliphatic rings. The summed E-state index contributed by atoms with van der Waals surface area (Å²) in [6.45, 7) is 2.39. The third-order valence-corrected chi connectivity index (χ3v) is 3.74. The molecule has 1 amide bonds. The van der Waals surface area contributed by atoms with Gasteiger partial charge in [0.25, 0.3) is 11.5 Å². The van der Waals surface area contributed by atoms with Crippen LogP contribution in [0.25, 0.3) is 10.9 Å². The summed E-state index contributed by atoms with van der Waals surface area (Å²) in [5.74, 6) is 0.195. The zero-order valence-electron chi connectivity index (χ0n) is 11.6. The van der Waals surface area contributed by atoms with E-state index in [9.17, 15) is 9.59 Å². The van der Waals surface area contributed by atoms with Gasteiger partial charge in [-0.1, -0.05) is 18.2 Å². The van der Waals surface area contributed by atoms with E-state index in [0.717, 1.165) is 30.4 Å². The first-order chi connectivity index (χ1) is 10.2. The first-order valence-corrected chi connectivity index (χ1v) is 7.10. The van der Waals surface area contributed by atoms with Gasteiger partial charge >= 0.3 is 0 Å². The van der Waals surface area contributed by atoms with Gasteiger partial charge in [0.2, 0.25) is 0 Å². The van der Waals surface area contributed by atoms with Crippen molar-refractivity contribution in [3.8, 4) is 0 Å². The number of hydrogen-bond donors (Lipinski definition) is 4. The Bertz CT molecular complexity index is 704. The fraction of sp³-hybridized carbons (Fsp3) is 0.333. The smallest absolute Gasteiger partial charge is 0.261 e. The van der Waals surface area contributed by atoms with Crippen molar-refractivity contribution >= 4 is 16.8 Å². The van der Waals surface area contributed by atoms with Crippen LogP contribution in [0.3, 0.4) is 0 Å². The third-order valence-electron chi connectivity index (χ3n) is 3.74. The van der Waals surface area contributed by atoms with Gasteiger partial charge in [0.1, 0.15) is 5.56 Å². The molecule has 0 aliphatic carbocycles. The molecule has 1 aromatic heterocycles. The van der Waals surface area contributed by atoms with Crippen LogP contribution in [0.15, 0.2) is 35.1 Å². The molecule has 1 fully saturated rings. The van der Waals surface area contributed by atoms with Crippen molar-refractivity contribution in [1.82, 2.24) is 21.2 Å². The molecule has 6 nitrogen and oxygen atoms in total. The van der Waals surface area contributed by atoms with Crippen molar-refractivity contribution in [2.24, 2.45) is 5.92 Å². The van der Waals surface area contributed by atoms with Gasteiger partial charge in [-0.05, 0) is 29.9 Å². The lowest BCUT2D eigenvalue weighted by Crippen LogP contribution is -2.31. The highest BCUT2D eigenvalue weighted by Gasteiger charge is 2.15. The van der Waals surface area contributed by atoms with Gasteiger partial charge < -0.3 is 10.3 Å². The molecule has 4 N–H and O–H groups in total. The lowest BCUT2D eigenvalue weighted by atomic mass is 10.1. The molecule has 3 rings (SSSR count). The lowest BCUT2D eigenvalue weighted by Gasteiger charge is -2.09. The maximum atomic E-state index is 12.1. The topological polar surface area (TPSA) is 86.0 Å². The summed E-state index contributed by atoms with van der Waals surface area (Å²) in [5.41, 5.74) is 6.66. The van der Waals surface area contributed by atoms with E-state index in [1.807, 2.05) is 24.3 Å². The molecule has 110 valence electrons. The summed E-state index contributed by atoms with van der Waals surface area (Å²) >= 11 is 0. The SMILES string of the molecule is O=C(NCCC1CNNC1)c1cc2ccccc2[nH]c1=O. The molecule has 1 saturated heterocycles. The van der Waals surface area contributed by atoms with Crippen molar-refractivity contribution in [3.05, 3.63) is 46.2 Å². The van der Waals surface area contributed by atoms with E-state index < -0.39 is 0 Å². The second-order valence-electron chi connectivity index (χ2n) is 5.27. The zero-order chi connectivity index (χ0) is 14.7. The Kier molecular flexibility index (Phi) is 3.98. The van der Waals surface area contributed by atoms with Gasteiger partial charge in [-0.3, -0.25) is 20.4 Å². The van der Waals surface area contributed by atoms with Crippen molar-refractivity contribution in [1.29, 1.82) is 0 Å². The van der Waals surface area contributed by atoms with E-state index >= 15 is 0 Å². The quantitative estimate of drug-likeness (QED) is 0.654. The predicted molar refractivity (Wildman–Crippen MR) is 81.0 cm³/mol. The fourth-order valence-corrected chi connectivity index (χ4v) is 2.51. The van der Waals surface area contributed by atoms with E-state index in [0.29, 0.717) is 12.5 Å². The van der Waals surface area contributed by atoms with Crippen LogP contribution in [0, 0.1) is 5.92 Å². The van der Waals surface area contributed by atoms with Gasteiger partial charge in [0.15, 0.2) is 0 Å². The van der Waals surface area contributed by atoms with Crippen LogP contribution in [0.5, 0.6) is 0 Å². The molecule has 0 spiro atoms. The number of pyridine rings is 1. The zero-order valence-corrected chi connectivity index (χ0v) is 11.6. The molecule has 2 heterocycles. The maximum Gasteiger partial charge on any atom is 0.261 e. The maximum absolute atomic E-state index is 12.1. The second-order valence-corrected chi connectivity index (χ2v) is 5.27. The van der Waals surface area contributed by atoms with E-state index in [-0.39, 0.29) is 17.0 Å². The Hall–Kier alpha value is -2.18. The van der Waals surface area contributed by atoms with E-state index in [1.165, 1.54) is 0 Å². The van der Waals surface area contributed by atoms with Crippen molar-refractivity contribution < 1.29 is 4.79 Å². The minimum Gasteiger partial charge on any atom is -0.352 e. The lowest BCUT2D eigenvalue weighted by molar-refractivity contribution is 0.0950. The molecular formula is C15H18N4O2. The molecule has 0 saturated carbocycles. The van der Waals surface area contributed by atoms with Crippen LogP contribution in [-0.4, -0.2) is 30.5 Å². The number of carbonyl (C=O) groups excluding carboxylic acids is 1. The Morgan fingerprint density at radius 2 is 2.00 bits per heavy atom. The van der Waals surface area contributed by atoms with E-state index in [4.69, 9.17) is 0 Å². The number of rotatable bonds is 4. The van der Waals surface area contributed by atoms with Crippen LogP contribution < -0.4 is 21.7 Å². The molecule has 6 heteroatoms. The molecule has 0 unspecified atom stereocenters. The average Bonchev–Trinajstić information content (AvgIpc) is 2.99. The first kappa shape index (κ1) is 13.8. The molecular weight excluding hydrogens is 268 g/mol. The molecule has 2 aromatic rings. The number of aromatic amines is 1. The van der Waals surface area contributed by atoms with Gasteiger partial charge in [-0.2, -0.15) is 0 Å². The highest BCUT2D eigenvalue weighted by molar-refractivity contribution is 5.97. The Morgan fingerprint density at radius 3 is 2.81 bits per heavy atom. The van der Waals surface area contributed by atoms with Gasteiger partial charge in [0, 0.05) is 25.2 Å². The monoisotopic (exact) mass is 286 g/mol. The molecule has 1 aromatic carbocycles. The second kappa shape index (κ2) is 6.07. The molecule has 0 bridgehead atoms. The van der Waals surface area contributed by atoms with Crippen LogP contribution in [-0.2, 0) is 0 Å². The Balaban J connectivity index is 1.68. The van der Waals surface area contributed by atoms with Crippen LogP contribution in [0.4, 0.5) is 0 Å². The Morgan fingerprint density at radius 1 is 1.24 bits per heavy atom. The van der Waals surface area contributed by atoms with Crippen LogP contribution in [0.1, 0.15) is 16.8 Å².